The predicted molar refractivity (Wildman–Crippen MR) is 111 cm³/mol. The van der Waals surface area contributed by atoms with Crippen LogP contribution in [-0.4, -0.2) is 28.2 Å². The van der Waals surface area contributed by atoms with Crippen LogP contribution in [0.25, 0.3) is 5.57 Å². The summed E-state index contributed by atoms with van der Waals surface area (Å²) < 4.78 is 0. The quantitative estimate of drug-likeness (QED) is 0.719. The number of nitrogens with zero attached hydrogens (tertiary/aromatic N) is 2. The lowest BCUT2D eigenvalue weighted by atomic mass is 9.85. The summed E-state index contributed by atoms with van der Waals surface area (Å²) in [5.74, 6) is 0. The highest BCUT2D eigenvalue weighted by Gasteiger charge is 2.15. The molecule has 1 aliphatic rings. The Balaban J connectivity index is 2.03. The minimum Gasteiger partial charge on any atom is -0.378 e. The summed E-state index contributed by atoms with van der Waals surface area (Å²) in [5, 5.41) is 0. The van der Waals surface area contributed by atoms with Gasteiger partial charge in [-0.15, -0.1) is 0 Å². The molecule has 0 atom stereocenters. The Bertz CT molecular complexity index is 660. The zero-order valence-electron chi connectivity index (χ0n) is 16.0. The van der Waals surface area contributed by atoms with E-state index in [9.17, 15) is 0 Å². The Kier molecular flexibility index (Phi) is 5.47. The van der Waals surface area contributed by atoms with Gasteiger partial charge in [0.15, 0.2) is 0 Å². The van der Waals surface area contributed by atoms with E-state index in [-0.39, 0.29) is 0 Å². The molecule has 1 aliphatic carbocycles. The second-order valence-corrected chi connectivity index (χ2v) is 7.42. The smallest absolute Gasteiger partial charge is 0.0361 e. The zero-order valence-corrected chi connectivity index (χ0v) is 16.0. The first-order valence-electron chi connectivity index (χ1n) is 9.34. The number of hydrogen-bond donors (Lipinski definition) is 0. The summed E-state index contributed by atoms with van der Waals surface area (Å²) >= 11 is 0. The van der Waals surface area contributed by atoms with Crippen LogP contribution in [0.1, 0.15) is 43.2 Å². The van der Waals surface area contributed by atoms with Crippen molar-refractivity contribution in [1.82, 2.24) is 0 Å². The number of allylic oxidation sites excluding steroid dienone is 1. The molecule has 0 heterocycles. The fourth-order valence-electron chi connectivity index (χ4n) is 3.66. The molecule has 0 aliphatic heterocycles. The lowest BCUT2D eigenvalue weighted by Gasteiger charge is -2.22. The van der Waals surface area contributed by atoms with Crippen LogP contribution >= 0.6 is 0 Å². The molecule has 0 unspecified atom stereocenters. The molecular formula is C23H30N2. The predicted octanol–water partition coefficient (Wildman–Crippen LogP) is 5.58. The van der Waals surface area contributed by atoms with E-state index in [0.717, 1.165) is 0 Å². The average molecular weight is 335 g/mol. The van der Waals surface area contributed by atoms with Crippen LogP contribution in [-0.2, 0) is 0 Å². The third-order valence-corrected chi connectivity index (χ3v) is 5.16. The van der Waals surface area contributed by atoms with Crippen molar-refractivity contribution in [2.24, 2.45) is 0 Å². The van der Waals surface area contributed by atoms with Crippen molar-refractivity contribution >= 4 is 16.9 Å². The van der Waals surface area contributed by atoms with Crippen LogP contribution < -0.4 is 9.80 Å². The van der Waals surface area contributed by atoms with E-state index in [4.69, 9.17) is 0 Å². The average Bonchev–Trinajstić information content (AvgIpc) is 2.64. The minimum atomic E-state index is 1.24. The summed E-state index contributed by atoms with van der Waals surface area (Å²) in [5.41, 5.74) is 8.27. The Labute approximate surface area is 152 Å². The number of benzene rings is 2. The number of rotatable bonds is 4. The first-order valence-corrected chi connectivity index (χ1v) is 9.34. The Hall–Kier alpha value is -2.22. The van der Waals surface area contributed by atoms with Gasteiger partial charge in [-0.3, -0.25) is 0 Å². The maximum absolute atomic E-state index is 2.28. The van der Waals surface area contributed by atoms with Crippen molar-refractivity contribution in [3.8, 4) is 0 Å². The van der Waals surface area contributed by atoms with E-state index < -0.39 is 0 Å². The van der Waals surface area contributed by atoms with Gasteiger partial charge in [0.05, 0.1) is 0 Å². The van der Waals surface area contributed by atoms with Gasteiger partial charge in [-0.2, -0.15) is 0 Å². The summed E-state index contributed by atoms with van der Waals surface area (Å²) in [6.07, 6.45) is 6.49. The fraction of sp³-hybridized carbons (Fsp3) is 0.391. The topological polar surface area (TPSA) is 6.48 Å². The monoisotopic (exact) mass is 334 g/mol. The van der Waals surface area contributed by atoms with Crippen LogP contribution in [0.5, 0.6) is 0 Å². The largest absolute Gasteiger partial charge is 0.378 e. The van der Waals surface area contributed by atoms with E-state index in [0.29, 0.717) is 0 Å². The molecule has 0 saturated heterocycles. The van der Waals surface area contributed by atoms with Crippen LogP contribution in [0.15, 0.2) is 54.1 Å². The van der Waals surface area contributed by atoms with Crippen molar-refractivity contribution in [1.29, 1.82) is 0 Å². The van der Waals surface area contributed by atoms with Crippen molar-refractivity contribution in [3.05, 3.63) is 65.2 Å². The van der Waals surface area contributed by atoms with Gasteiger partial charge in [0.25, 0.3) is 0 Å². The first kappa shape index (κ1) is 17.6. The molecule has 2 aromatic carbocycles. The molecule has 0 N–H and O–H groups in total. The summed E-state index contributed by atoms with van der Waals surface area (Å²) in [7, 11) is 8.37. The molecule has 2 aromatic rings. The zero-order chi connectivity index (χ0) is 17.8. The Morgan fingerprint density at radius 1 is 0.600 bits per heavy atom. The lowest BCUT2D eigenvalue weighted by Crippen LogP contribution is -2.09. The number of hydrogen-bond acceptors (Lipinski definition) is 2. The van der Waals surface area contributed by atoms with Crippen LogP contribution in [0.3, 0.4) is 0 Å². The Morgan fingerprint density at radius 3 is 1.36 bits per heavy atom. The van der Waals surface area contributed by atoms with E-state index in [1.165, 1.54) is 60.2 Å². The van der Waals surface area contributed by atoms with Crippen LogP contribution in [0.4, 0.5) is 11.4 Å². The van der Waals surface area contributed by atoms with E-state index >= 15 is 0 Å². The Morgan fingerprint density at radius 2 is 1.00 bits per heavy atom. The third kappa shape index (κ3) is 4.07. The fourth-order valence-corrected chi connectivity index (χ4v) is 3.66. The molecule has 132 valence electrons. The molecule has 0 spiro atoms. The molecule has 3 rings (SSSR count). The highest BCUT2D eigenvalue weighted by Crippen LogP contribution is 2.36. The van der Waals surface area contributed by atoms with Gasteiger partial charge < -0.3 is 9.80 Å². The molecule has 1 saturated carbocycles. The lowest BCUT2D eigenvalue weighted by molar-refractivity contribution is 0.601. The molecule has 2 heteroatoms. The van der Waals surface area contributed by atoms with E-state index in [2.05, 4.69) is 86.5 Å². The van der Waals surface area contributed by atoms with Gasteiger partial charge in [-0.25, -0.2) is 0 Å². The number of anilines is 2. The summed E-state index contributed by atoms with van der Waals surface area (Å²) in [6, 6.07) is 18.1. The third-order valence-electron chi connectivity index (χ3n) is 5.16. The maximum atomic E-state index is 2.28. The molecule has 2 nitrogen and oxygen atoms in total. The van der Waals surface area contributed by atoms with Gasteiger partial charge >= 0.3 is 0 Å². The first-order chi connectivity index (χ1) is 12.1. The molecule has 25 heavy (non-hydrogen) atoms. The van der Waals surface area contributed by atoms with Crippen LogP contribution in [0, 0.1) is 0 Å². The van der Waals surface area contributed by atoms with Gasteiger partial charge in [-0.05, 0) is 66.6 Å². The van der Waals surface area contributed by atoms with Gasteiger partial charge in [0.1, 0.15) is 0 Å². The normalized spacial score (nSPS) is 14.3. The van der Waals surface area contributed by atoms with E-state index in [1.54, 1.807) is 5.57 Å². The molecule has 1 fully saturated rings. The molecule has 0 amide bonds. The van der Waals surface area contributed by atoms with Crippen molar-refractivity contribution in [2.75, 3.05) is 38.0 Å². The van der Waals surface area contributed by atoms with Gasteiger partial charge in [0.2, 0.25) is 0 Å². The van der Waals surface area contributed by atoms with Crippen LogP contribution in [0.2, 0.25) is 0 Å². The molecule has 0 radical (unpaired) electrons. The molecule has 0 bridgehead atoms. The summed E-state index contributed by atoms with van der Waals surface area (Å²) in [6.45, 7) is 0. The highest BCUT2D eigenvalue weighted by molar-refractivity contribution is 5.83. The SMILES string of the molecule is CN(C)c1ccc(C(=C2CCCCC2)c2ccc(N(C)C)cc2)cc1. The van der Waals surface area contributed by atoms with Gasteiger partial charge in [0, 0.05) is 39.6 Å². The van der Waals surface area contributed by atoms with Gasteiger partial charge in [-0.1, -0.05) is 36.3 Å². The van der Waals surface area contributed by atoms with Crippen molar-refractivity contribution in [2.45, 2.75) is 32.1 Å². The van der Waals surface area contributed by atoms with E-state index in [1.807, 2.05) is 0 Å². The minimum absolute atomic E-state index is 1.24. The standard InChI is InChI=1S/C23H30N2/c1-24(2)21-14-10-19(11-15-21)23(18-8-6-5-7-9-18)20-12-16-22(17-13-20)25(3)4/h10-17H,5-9H2,1-4H3. The maximum Gasteiger partial charge on any atom is 0.0361 e. The summed E-state index contributed by atoms with van der Waals surface area (Å²) in [4.78, 5) is 4.31. The van der Waals surface area contributed by atoms with Crippen molar-refractivity contribution < 1.29 is 0 Å². The van der Waals surface area contributed by atoms with Crippen molar-refractivity contribution in [3.63, 3.8) is 0 Å². The second-order valence-electron chi connectivity index (χ2n) is 7.42. The second kappa shape index (κ2) is 7.77. The molecule has 0 aromatic heterocycles. The highest BCUT2D eigenvalue weighted by atomic mass is 15.1. The molecular weight excluding hydrogens is 304 g/mol.